The first-order valence-electron chi connectivity index (χ1n) is 34.6. The molecule has 3 radical (unpaired) electrons. The molecule has 20 nitrogen and oxygen atoms in total. The van der Waals surface area contributed by atoms with Crippen molar-refractivity contribution < 1.29 is 174 Å². The number of halogens is 14. The molecule has 0 spiro atoms. The summed E-state index contributed by atoms with van der Waals surface area (Å²) in [5, 5.41) is 27.6. The first-order chi connectivity index (χ1) is 52.6. The summed E-state index contributed by atoms with van der Waals surface area (Å²) >= 11 is -0.404. The van der Waals surface area contributed by atoms with Crippen LogP contribution in [0.4, 0.5) is 57.5 Å². The van der Waals surface area contributed by atoms with Gasteiger partial charge in [-0.1, -0.05) is 146 Å². The smallest absolute Gasteiger partial charge is 0.793 e. The number of carboxylic acids is 1. The number of hydrogen-bond donors (Lipinski definition) is 3. The van der Waals surface area contributed by atoms with Gasteiger partial charge in [0.1, 0.15) is 6.29 Å². The average Bonchev–Trinajstić information content (AvgIpc) is 1.56. The molecule has 8 rings (SSSR count). The van der Waals surface area contributed by atoms with Crippen LogP contribution in [0.25, 0.3) is 0 Å². The van der Waals surface area contributed by atoms with E-state index in [1.54, 1.807) is 50.2 Å². The van der Waals surface area contributed by atoms with Crippen LogP contribution < -0.4 is 35.0 Å². The fraction of sp³-hybridized carbons (Fsp3) is 0.471. The van der Waals surface area contributed by atoms with E-state index in [0.29, 0.717) is 47.2 Å². The van der Waals surface area contributed by atoms with Crippen molar-refractivity contribution in [2.45, 2.75) is 223 Å². The quantitative estimate of drug-likeness (QED) is 0.00935. The van der Waals surface area contributed by atoms with Gasteiger partial charge in [-0.3, -0.25) is 9.59 Å². The van der Waals surface area contributed by atoms with Crippen LogP contribution in [0.15, 0.2) is 140 Å². The Morgan fingerprint density at radius 1 is 0.525 bits per heavy atom. The average molecular weight is 1900 g/mol. The van der Waals surface area contributed by atoms with E-state index in [1.165, 1.54) is 74.8 Å². The minimum atomic E-state index is -5.01. The van der Waals surface area contributed by atoms with Crippen molar-refractivity contribution in [2.75, 3.05) is 18.6 Å². The summed E-state index contributed by atoms with van der Waals surface area (Å²) < 4.78 is 177. The van der Waals surface area contributed by atoms with Crippen molar-refractivity contribution in [2.24, 2.45) is 23.7 Å². The number of carboxylic acid groups (broad SMARTS) is 1. The number of aldehydes is 1. The number of alkyl halides is 13. The largest absolute Gasteiger partial charge is 1.00 e. The minimum absolute atomic E-state index is 0. The van der Waals surface area contributed by atoms with Crippen molar-refractivity contribution >= 4 is 104 Å². The Labute approximate surface area is 742 Å². The molecule has 2 aliphatic heterocycles. The van der Waals surface area contributed by atoms with Gasteiger partial charge in [0.05, 0.1) is 40.9 Å². The van der Waals surface area contributed by atoms with Gasteiger partial charge in [-0.25, -0.2) is 24.2 Å². The monoisotopic (exact) mass is 1900 g/mol. The first kappa shape index (κ1) is 129. The second-order valence-electron chi connectivity index (χ2n) is 26.4. The predicted octanol–water partition coefficient (Wildman–Crippen LogP) is 19.2. The summed E-state index contributed by atoms with van der Waals surface area (Å²) in [6.07, 6.45) is -9.09. The second-order valence-corrected chi connectivity index (χ2v) is 35.3. The molecule has 6 aromatic carbocycles. The van der Waals surface area contributed by atoms with Gasteiger partial charge >= 0.3 is 197 Å². The Hall–Kier alpha value is -8.06. The maximum absolute atomic E-state index is 12.6. The van der Waals surface area contributed by atoms with E-state index in [1.807, 2.05) is 32.9 Å². The molecule has 37 heteroatoms. The number of fused-ring (bicyclic) bond motifs is 2. The van der Waals surface area contributed by atoms with Gasteiger partial charge in [0.2, 0.25) is 5.97 Å². The molecule has 0 aromatic heterocycles. The minimum Gasteiger partial charge on any atom is -0.793 e. The summed E-state index contributed by atoms with van der Waals surface area (Å²) in [4.78, 5) is 103. The standard InChI is InChI=1S/C22H26BF3O2.C12H13F3O2.C12H15F3O.C12H13F3O.C12H13IO6.C4H6O4.C2H3BO2.C2H3ClO2.7CH4.Na/c1-15(4-6-16-8-11-18(12-9-16)22(24,25)26)5-7-17-10-13-19-20(14-17)23(27)28-21(19,2)3;1-8(11(16)17)2-3-9-4-6-10(7-5-9)12(13,14)15;2*1-9(8-16)2-3-10-4-6-11(7-5-10)12(13,14)15;1-8(14)17-13(3,18-9(2)15)11-7-5-4-6-10(11)12(16)19-13;1-3(5)7-8-4(2)6;1-2(4)5-3;1-5-2(3)4;;;;;;;;/h8-15,27H,4-7H2,1-3H3;4-8H,2-3H2,1H3,(H,16,17);4-7,9,16H,2-3,8H2,1H3;4-9H,2-3H2,1H3;4-7H,1-3H3;1-2H3;2*1H3;7*1H4;/q;;;;;;-1;;;;;;;;;+1/t15-;8-;2*9-;;;;;;;;;;;;/m1111............/s1. The Morgan fingerprint density at radius 3 is 1.13 bits per heavy atom. The number of aryl methyl sites for hydroxylation is 5. The Balaban J connectivity index is -0.000000210. The molecule has 2 heterocycles. The van der Waals surface area contributed by atoms with E-state index >= 15 is 0 Å². The number of aliphatic hydroxyl groups is 1. The fourth-order valence-corrected chi connectivity index (χ4v) is 17.5. The van der Waals surface area contributed by atoms with E-state index in [9.17, 15) is 101 Å². The molecule has 0 saturated heterocycles. The van der Waals surface area contributed by atoms with Crippen molar-refractivity contribution in [3.05, 3.63) is 204 Å². The number of aliphatic hydroxyl groups excluding tert-OH is 1. The summed E-state index contributed by atoms with van der Waals surface area (Å²) in [5.41, 5.74) is 2.85. The molecule has 6 aromatic rings. The molecule has 122 heavy (non-hydrogen) atoms. The van der Waals surface area contributed by atoms with Crippen LogP contribution in [0.1, 0.15) is 226 Å². The summed E-state index contributed by atoms with van der Waals surface area (Å²) in [7, 11) is 4.67. The zero-order chi connectivity index (χ0) is 87.4. The number of aliphatic carboxylic acids is 1. The van der Waals surface area contributed by atoms with Crippen LogP contribution in [0.5, 0.6) is 0 Å². The van der Waals surface area contributed by atoms with Crippen molar-refractivity contribution in [1.82, 2.24) is 0 Å². The molecule has 0 unspecified atom stereocenters. The van der Waals surface area contributed by atoms with Gasteiger partial charge in [0, 0.05) is 44.9 Å². The van der Waals surface area contributed by atoms with E-state index < -0.39 is 131 Å². The number of carbonyl (C=O) groups excluding carboxylic acids is 8. The molecule has 2 aliphatic rings. The third-order valence-corrected chi connectivity index (χ3v) is 24.4. The molecular weight excluding hydrogens is 1780 g/mol. The van der Waals surface area contributed by atoms with Crippen molar-refractivity contribution in [3.8, 4) is 0 Å². The molecular formula is C85H120B2ClF12INaO20. The number of methoxy groups -OCH3 is 1. The molecule has 0 amide bonds. The third kappa shape index (κ3) is 49.4. The van der Waals surface area contributed by atoms with Crippen LogP contribution in [-0.2, 0) is 129 Å². The van der Waals surface area contributed by atoms with Crippen molar-refractivity contribution in [1.29, 1.82) is 0 Å². The van der Waals surface area contributed by atoms with Gasteiger partial charge < -0.3 is 42.1 Å². The molecule has 685 valence electrons. The van der Waals surface area contributed by atoms with E-state index in [-0.39, 0.29) is 106 Å². The molecule has 0 aliphatic carbocycles. The Bertz CT molecular complexity index is 4010. The first-order valence-corrected chi connectivity index (χ1v) is 40.9. The van der Waals surface area contributed by atoms with Crippen LogP contribution >= 0.6 is 29.9 Å². The summed E-state index contributed by atoms with van der Waals surface area (Å²) in [6, 6.07) is 33.1. The predicted molar refractivity (Wildman–Crippen MR) is 453 cm³/mol. The maximum Gasteiger partial charge on any atom is 1.00 e. The molecule has 0 fully saturated rings. The van der Waals surface area contributed by atoms with E-state index in [0.717, 1.165) is 128 Å². The van der Waals surface area contributed by atoms with Gasteiger partial charge in [-0.2, -0.15) is 52.7 Å². The van der Waals surface area contributed by atoms with Crippen LogP contribution in [-0.4, -0.2) is 103 Å². The molecule has 0 bridgehead atoms. The van der Waals surface area contributed by atoms with Crippen LogP contribution in [0.2, 0.25) is 0 Å². The Kier molecular flexibility index (Phi) is 64.2. The fourth-order valence-electron chi connectivity index (χ4n) is 9.80. The number of carbonyl (C=O) groups is 9. The van der Waals surface area contributed by atoms with Crippen LogP contribution in [0, 0.1) is 27.2 Å². The third-order valence-electron chi connectivity index (χ3n) is 16.0. The molecule has 3 N–H and O–H groups in total. The van der Waals surface area contributed by atoms with E-state index in [2.05, 4.69) is 51.8 Å². The number of hydrogen-bond acceptors (Lipinski definition) is 19. The second kappa shape index (κ2) is 60.5. The molecule has 0 saturated carbocycles. The van der Waals surface area contributed by atoms with E-state index in [4.69, 9.17) is 24.1 Å². The number of benzene rings is 6. The van der Waals surface area contributed by atoms with Crippen LogP contribution in [0.3, 0.4) is 0 Å². The normalized spacial score (nSPS) is 13.6. The van der Waals surface area contributed by atoms with Gasteiger partial charge in [0.15, 0.2) is 0 Å². The topological polar surface area (TPSA) is 288 Å². The summed E-state index contributed by atoms with van der Waals surface area (Å²) in [5.74, 6) is -4.52. The zero-order valence-electron chi connectivity index (χ0n) is 65.7. The number of rotatable bonds is 20. The SMILES string of the molecule is C.C.C.C.C.C.C.CC(=O)OI1(C)(OC(C)=O)OC(=O)c2ccccc21.CC(=O)OOC(C)=O.COC(=O)Cl.C[C@@H](C=O)CCc1ccc(C(F)(F)F)cc1.C[C@@H](CO)CCc1ccc(C(F)(F)F)cc1.C[C@H](CCc1ccc(C(F)(F)F)cc1)C(=O)O.C[C@H](CCc1ccc(C(F)(F)F)cc1)CCc1ccc2c(c1)B(O)OC2(C)C.[B-]OC(C)=O.[Na+]. The summed E-state index contributed by atoms with van der Waals surface area (Å²) in [6.45, 7) is 17.3. The number of ether oxygens (including phenoxy) is 1. The van der Waals surface area contributed by atoms with Crippen molar-refractivity contribution in [3.63, 3.8) is 0 Å². The Morgan fingerprint density at radius 2 is 0.836 bits per heavy atom. The van der Waals surface area contributed by atoms with Gasteiger partial charge in [-0.05, 0) is 177 Å². The molecule has 4 atom stereocenters. The maximum atomic E-state index is 12.6. The zero-order valence-corrected chi connectivity index (χ0v) is 70.6. The van der Waals surface area contributed by atoms with Gasteiger partial charge in [-0.15, -0.1) is 0 Å². The van der Waals surface area contributed by atoms with Gasteiger partial charge in [0.25, 0.3) is 0 Å².